The fraction of sp³-hybridized carbons (Fsp3) is 0.750. The Morgan fingerprint density at radius 1 is 0.571 bits per heavy atom. The average molecular weight is 591 g/mol. The highest BCUT2D eigenvalue weighted by Crippen LogP contribution is 2.41. The Balaban J connectivity index is 1.82. The number of rotatable bonds is 14. The molecule has 1 fully saturated rings. The van der Waals surface area contributed by atoms with Gasteiger partial charge in [0, 0.05) is 63.3 Å². The Morgan fingerprint density at radius 3 is 1.24 bits per heavy atom. The molecule has 0 spiro atoms. The monoisotopic (exact) mass is 590 g/mol. The highest BCUT2D eigenvalue weighted by Gasteiger charge is 2.33. The fourth-order valence-corrected chi connectivity index (χ4v) is 6.95. The van der Waals surface area contributed by atoms with Crippen molar-refractivity contribution in [1.29, 1.82) is 0 Å². The van der Waals surface area contributed by atoms with Gasteiger partial charge in [-0.2, -0.15) is 0 Å². The molecule has 236 valence electrons. The highest BCUT2D eigenvalue weighted by atomic mass is 16.5. The zero-order valence-electron chi connectivity index (χ0n) is 26.0. The SMILES string of the molecule is COC(=O)CCC1=C(N2CCN(C3=C(CCC(=O)OC)CCCC3CCC(=O)OC)CC2)C(CCC(=O)OC)CCC1. The predicted octanol–water partition coefficient (Wildman–Crippen LogP) is 4.53. The van der Waals surface area contributed by atoms with E-state index in [1.807, 2.05) is 0 Å². The minimum absolute atomic E-state index is 0.192. The summed E-state index contributed by atoms with van der Waals surface area (Å²) in [6.45, 7) is 3.35. The fourth-order valence-electron chi connectivity index (χ4n) is 6.95. The van der Waals surface area contributed by atoms with Gasteiger partial charge in [0.25, 0.3) is 0 Å². The Bertz CT molecular complexity index is 932. The highest BCUT2D eigenvalue weighted by molar-refractivity contribution is 5.70. The first-order valence-electron chi connectivity index (χ1n) is 15.5. The number of hydrogen-bond donors (Lipinski definition) is 0. The zero-order valence-corrected chi connectivity index (χ0v) is 26.0. The minimum Gasteiger partial charge on any atom is -0.469 e. The lowest BCUT2D eigenvalue weighted by molar-refractivity contribution is -0.141. The molecule has 0 radical (unpaired) electrons. The van der Waals surface area contributed by atoms with Gasteiger partial charge in [0.2, 0.25) is 0 Å². The molecule has 3 rings (SSSR count). The largest absolute Gasteiger partial charge is 0.469 e. The van der Waals surface area contributed by atoms with Crippen molar-refractivity contribution in [2.24, 2.45) is 11.8 Å². The van der Waals surface area contributed by atoms with Gasteiger partial charge in [0.1, 0.15) is 0 Å². The first-order chi connectivity index (χ1) is 20.3. The molecule has 10 nitrogen and oxygen atoms in total. The summed E-state index contributed by atoms with van der Waals surface area (Å²) in [5.41, 5.74) is 5.22. The number of carbonyl (C=O) groups is 4. The van der Waals surface area contributed by atoms with Crippen molar-refractivity contribution >= 4 is 23.9 Å². The van der Waals surface area contributed by atoms with Gasteiger partial charge in [-0.1, -0.05) is 11.1 Å². The van der Waals surface area contributed by atoms with Gasteiger partial charge >= 0.3 is 23.9 Å². The van der Waals surface area contributed by atoms with E-state index >= 15 is 0 Å². The van der Waals surface area contributed by atoms with Gasteiger partial charge in [-0.25, -0.2) is 0 Å². The van der Waals surface area contributed by atoms with Gasteiger partial charge in [-0.3, -0.25) is 19.2 Å². The lowest BCUT2D eigenvalue weighted by Gasteiger charge is -2.46. The Hall–Kier alpha value is -3.04. The smallest absolute Gasteiger partial charge is 0.305 e. The summed E-state index contributed by atoms with van der Waals surface area (Å²) < 4.78 is 19.7. The van der Waals surface area contributed by atoms with Crippen LogP contribution in [0.2, 0.25) is 0 Å². The summed E-state index contributed by atoms with van der Waals surface area (Å²) in [5, 5.41) is 0. The lowest BCUT2D eigenvalue weighted by atomic mass is 9.81. The number of nitrogens with zero attached hydrogens (tertiary/aromatic N) is 2. The molecular weight excluding hydrogens is 540 g/mol. The molecule has 1 saturated heterocycles. The molecule has 0 saturated carbocycles. The molecule has 2 aliphatic carbocycles. The van der Waals surface area contributed by atoms with Crippen LogP contribution in [-0.4, -0.2) is 88.3 Å². The first kappa shape index (κ1) is 33.5. The van der Waals surface area contributed by atoms with Crippen LogP contribution in [0.25, 0.3) is 0 Å². The summed E-state index contributed by atoms with van der Waals surface area (Å²) in [6.07, 6.45) is 10.4. The van der Waals surface area contributed by atoms with Gasteiger partial charge in [-0.05, 0) is 76.0 Å². The molecule has 2 atom stereocenters. The summed E-state index contributed by atoms with van der Waals surface area (Å²) >= 11 is 0. The van der Waals surface area contributed by atoms with Crippen LogP contribution in [0.1, 0.15) is 89.9 Å². The standard InChI is InChI=1S/C32H50N2O8/c1-39-27(35)15-11-23-7-5-8-24(12-16-28(36)40-2)31(23)33-19-21-34(22-20-33)32-25(13-17-29(37)41-3)9-6-10-26(32)14-18-30(38)42-4/h23,25H,5-22H2,1-4H3. The molecule has 0 aromatic carbocycles. The van der Waals surface area contributed by atoms with E-state index in [2.05, 4.69) is 9.80 Å². The molecule has 3 aliphatic rings. The second-order valence-electron chi connectivity index (χ2n) is 11.5. The van der Waals surface area contributed by atoms with Crippen LogP contribution >= 0.6 is 0 Å². The molecule has 10 heteroatoms. The van der Waals surface area contributed by atoms with E-state index in [9.17, 15) is 19.2 Å². The molecule has 1 aliphatic heterocycles. The third-order valence-corrected chi connectivity index (χ3v) is 9.09. The maximum absolute atomic E-state index is 12.0. The van der Waals surface area contributed by atoms with Crippen molar-refractivity contribution in [2.75, 3.05) is 54.6 Å². The first-order valence-corrected chi connectivity index (χ1v) is 15.5. The number of ether oxygens (including phenoxy) is 4. The Morgan fingerprint density at radius 2 is 0.905 bits per heavy atom. The Kier molecular flexibility index (Phi) is 13.7. The van der Waals surface area contributed by atoms with E-state index in [4.69, 9.17) is 18.9 Å². The van der Waals surface area contributed by atoms with E-state index < -0.39 is 0 Å². The quantitative estimate of drug-likeness (QED) is 0.211. The summed E-state index contributed by atoms with van der Waals surface area (Å²) in [6, 6.07) is 0. The minimum atomic E-state index is -0.204. The molecule has 1 heterocycles. The van der Waals surface area contributed by atoms with Crippen LogP contribution < -0.4 is 0 Å². The van der Waals surface area contributed by atoms with Gasteiger partial charge < -0.3 is 28.7 Å². The molecule has 2 unspecified atom stereocenters. The predicted molar refractivity (Wildman–Crippen MR) is 157 cm³/mol. The van der Waals surface area contributed by atoms with Gasteiger partial charge in [-0.15, -0.1) is 0 Å². The van der Waals surface area contributed by atoms with E-state index in [0.717, 1.165) is 77.5 Å². The summed E-state index contributed by atoms with van der Waals surface area (Å²) in [7, 11) is 5.71. The molecule has 0 N–H and O–H groups in total. The molecule has 0 aromatic heterocycles. The number of hydrogen-bond acceptors (Lipinski definition) is 10. The number of allylic oxidation sites excluding steroid dienone is 4. The number of methoxy groups -OCH3 is 4. The maximum atomic E-state index is 12.0. The molecule has 0 bridgehead atoms. The number of carbonyl (C=O) groups excluding carboxylic acids is 4. The number of piperazine rings is 1. The van der Waals surface area contributed by atoms with E-state index in [1.165, 1.54) is 51.0 Å². The third-order valence-electron chi connectivity index (χ3n) is 9.09. The van der Waals surface area contributed by atoms with E-state index in [1.54, 1.807) is 0 Å². The van der Waals surface area contributed by atoms with Crippen molar-refractivity contribution in [3.05, 3.63) is 22.5 Å². The summed E-state index contributed by atoms with van der Waals surface area (Å²) in [4.78, 5) is 52.9. The van der Waals surface area contributed by atoms with Crippen molar-refractivity contribution in [3.8, 4) is 0 Å². The van der Waals surface area contributed by atoms with E-state index in [-0.39, 0.29) is 35.7 Å². The van der Waals surface area contributed by atoms with Gasteiger partial charge in [0.05, 0.1) is 28.4 Å². The lowest BCUT2D eigenvalue weighted by Crippen LogP contribution is -2.48. The van der Waals surface area contributed by atoms with Crippen LogP contribution in [0, 0.1) is 11.8 Å². The van der Waals surface area contributed by atoms with Crippen LogP contribution in [-0.2, 0) is 38.1 Å². The third kappa shape index (κ3) is 9.49. The molecule has 0 amide bonds. The van der Waals surface area contributed by atoms with Crippen LogP contribution in [0.5, 0.6) is 0 Å². The average Bonchev–Trinajstić information content (AvgIpc) is 3.03. The molecular formula is C32H50N2O8. The summed E-state index contributed by atoms with van der Waals surface area (Å²) in [5.74, 6) is -0.274. The Labute approximate surface area is 250 Å². The van der Waals surface area contributed by atoms with E-state index in [0.29, 0.717) is 38.5 Å². The van der Waals surface area contributed by atoms with Crippen LogP contribution in [0.4, 0.5) is 0 Å². The zero-order chi connectivity index (χ0) is 30.5. The molecule has 42 heavy (non-hydrogen) atoms. The number of esters is 4. The normalized spacial score (nSPS) is 21.2. The van der Waals surface area contributed by atoms with Crippen LogP contribution in [0.15, 0.2) is 22.5 Å². The molecule has 0 aromatic rings. The van der Waals surface area contributed by atoms with Crippen molar-refractivity contribution in [1.82, 2.24) is 9.80 Å². The van der Waals surface area contributed by atoms with Crippen molar-refractivity contribution in [2.45, 2.75) is 89.9 Å². The van der Waals surface area contributed by atoms with Gasteiger partial charge in [0.15, 0.2) is 0 Å². The maximum Gasteiger partial charge on any atom is 0.305 e. The van der Waals surface area contributed by atoms with Crippen molar-refractivity contribution in [3.63, 3.8) is 0 Å². The second kappa shape index (κ2) is 17.2. The van der Waals surface area contributed by atoms with Crippen LogP contribution in [0.3, 0.4) is 0 Å². The van der Waals surface area contributed by atoms with Crippen molar-refractivity contribution < 1.29 is 38.1 Å². The topological polar surface area (TPSA) is 112 Å². The second-order valence-corrected chi connectivity index (χ2v) is 11.5.